The van der Waals surface area contributed by atoms with Crippen molar-refractivity contribution in [2.24, 2.45) is 4.99 Å². The predicted octanol–water partition coefficient (Wildman–Crippen LogP) is 7.45. The van der Waals surface area contributed by atoms with Crippen LogP contribution >= 0.6 is 0 Å². The number of likely N-dealkylation sites (N-methyl/N-ethyl adjacent to an activating group) is 1. The molecule has 0 heterocycles. The molecule has 0 aromatic heterocycles. The van der Waals surface area contributed by atoms with Crippen molar-refractivity contribution in [2.45, 2.75) is 132 Å². The Morgan fingerprint density at radius 3 is 1.57 bits per heavy atom. The smallest absolute Gasteiger partial charge is 0.300 e. The van der Waals surface area contributed by atoms with Crippen LogP contribution in [0.4, 0.5) is 0 Å². The summed E-state index contributed by atoms with van der Waals surface area (Å²) in [4.78, 5) is 76.9. The molecule has 5 amide bonds. The summed E-state index contributed by atoms with van der Waals surface area (Å²) in [5, 5.41) is 20.6. The molecule has 0 saturated carbocycles. The highest BCUT2D eigenvalue weighted by Crippen LogP contribution is 2.31. The molecular formula is C48H72N6O7. The number of carboxylic acids is 1. The van der Waals surface area contributed by atoms with Gasteiger partial charge in [-0.3, -0.25) is 33.8 Å². The van der Waals surface area contributed by atoms with Gasteiger partial charge in [0.25, 0.3) is 5.97 Å². The minimum absolute atomic E-state index is 0.153. The number of benzene rings is 2. The zero-order chi connectivity index (χ0) is 46.5. The summed E-state index contributed by atoms with van der Waals surface area (Å²) in [5.74, 6) is -2.70. The molecule has 61 heavy (non-hydrogen) atoms. The van der Waals surface area contributed by atoms with Crippen LogP contribution in [0.1, 0.15) is 142 Å². The van der Waals surface area contributed by atoms with Crippen molar-refractivity contribution in [3.8, 4) is 0 Å². The fourth-order valence-electron chi connectivity index (χ4n) is 5.93. The summed E-state index contributed by atoms with van der Waals surface area (Å²) < 4.78 is 0. The summed E-state index contributed by atoms with van der Waals surface area (Å²) >= 11 is 0. The van der Waals surface area contributed by atoms with Gasteiger partial charge < -0.3 is 31.7 Å². The number of carboxylic acid groups (broad SMARTS) is 1. The quantitative estimate of drug-likeness (QED) is 0.0745. The molecule has 0 aliphatic heterocycles. The minimum Gasteiger partial charge on any atom is -0.481 e. The Kier molecular flexibility index (Phi) is 28.1. The number of nitrogens with one attached hydrogen (secondary N) is 5. The number of allylic oxidation sites excluding steroid dienone is 4. The third-order valence-corrected chi connectivity index (χ3v) is 9.53. The lowest BCUT2D eigenvalue weighted by Gasteiger charge is -2.23. The number of aliphatic carboxylic acids is 1. The molecule has 0 saturated heterocycles. The number of carbonyl (C=O) groups is 6. The van der Waals surface area contributed by atoms with Crippen LogP contribution < -0.4 is 26.6 Å². The van der Waals surface area contributed by atoms with Crippen LogP contribution in [0.3, 0.4) is 0 Å². The van der Waals surface area contributed by atoms with Gasteiger partial charge in [0.1, 0.15) is 12.1 Å². The van der Waals surface area contributed by atoms with Gasteiger partial charge in [-0.15, -0.1) is 0 Å². The number of aliphatic imine (C=N–C) groups is 1. The Labute approximate surface area is 364 Å². The highest BCUT2D eigenvalue weighted by Gasteiger charge is 2.26. The number of carbonyl (C=O) groups excluding carboxylic acids is 5. The van der Waals surface area contributed by atoms with Crippen LogP contribution in [0.15, 0.2) is 77.4 Å². The van der Waals surface area contributed by atoms with Gasteiger partial charge in [-0.25, -0.2) is 0 Å². The predicted molar refractivity (Wildman–Crippen MR) is 248 cm³/mol. The standard InChI is InChI=1S/C38H53N5O5.C8H15N.C2H4O2/c1-9-25(6)30-17-13-15-19-32(30)28(11-3)20-33(37(47)39-8)42-36(46)23-41-38(48)34(43-35(45)22-40-26(7)44)21-27(10-2)31-18-14-12-16-29(31)24(4)5;1-4-6-7-9-8(3)5-2;1-2(3)4/h10-19,24-25,33-34H,9,20-23H2,1-8H3,(H,39,47)(H,40,44)(H,41,48)(H,42,46)(H,43,45);5,7H,4,6H2,1-3H3;1H3,(H,3,4)/b27-10-,28-11-;8-5-,9-7?;. The van der Waals surface area contributed by atoms with Crippen molar-refractivity contribution < 1.29 is 33.9 Å². The number of unbranched alkanes of at least 4 members (excludes halogenated alkanes) is 1. The van der Waals surface area contributed by atoms with Crippen LogP contribution in [0.2, 0.25) is 0 Å². The summed E-state index contributed by atoms with van der Waals surface area (Å²) in [6.45, 7) is 20.1. The van der Waals surface area contributed by atoms with E-state index in [0.29, 0.717) is 5.92 Å². The third-order valence-electron chi connectivity index (χ3n) is 9.53. The van der Waals surface area contributed by atoms with Crippen molar-refractivity contribution in [3.05, 3.63) is 94.7 Å². The fraction of sp³-hybridized carbons (Fsp3) is 0.479. The van der Waals surface area contributed by atoms with Gasteiger partial charge in [0.05, 0.1) is 13.1 Å². The highest BCUT2D eigenvalue weighted by atomic mass is 16.4. The molecule has 336 valence electrons. The molecule has 0 aliphatic rings. The molecule has 0 radical (unpaired) electrons. The van der Waals surface area contributed by atoms with E-state index >= 15 is 0 Å². The molecule has 2 aromatic rings. The molecule has 13 nitrogen and oxygen atoms in total. The minimum atomic E-state index is -1.04. The van der Waals surface area contributed by atoms with E-state index in [1.54, 1.807) is 0 Å². The molecule has 13 heteroatoms. The third kappa shape index (κ3) is 22.4. The molecule has 3 atom stereocenters. The number of hydrogen-bond acceptors (Lipinski definition) is 7. The van der Waals surface area contributed by atoms with Gasteiger partial charge in [0.2, 0.25) is 29.5 Å². The molecule has 0 bridgehead atoms. The van der Waals surface area contributed by atoms with Crippen molar-refractivity contribution in [1.29, 1.82) is 0 Å². The first kappa shape index (κ1) is 55.2. The Morgan fingerprint density at radius 1 is 0.689 bits per heavy atom. The van der Waals surface area contributed by atoms with Crippen LogP contribution in [0.5, 0.6) is 0 Å². The maximum absolute atomic E-state index is 13.5. The molecule has 0 aliphatic carbocycles. The largest absolute Gasteiger partial charge is 0.481 e. The lowest BCUT2D eigenvalue weighted by atomic mass is 9.87. The first-order valence-corrected chi connectivity index (χ1v) is 21.1. The zero-order valence-electron chi connectivity index (χ0n) is 38.5. The van der Waals surface area contributed by atoms with Gasteiger partial charge in [0.15, 0.2) is 0 Å². The average Bonchev–Trinajstić information content (AvgIpc) is 3.24. The van der Waals surface area contributed by atoms with E-state index in [4.69, 9.17) is 9.90 Å². The SMILES string of the molecule is C/C=C(/C)N=CCCC.C/C=C(/CC(NC(=O)CNC(C)=O)C(=O)NCC(=O)NC(C/C(=C/C)c1ccccc1C(C)CC)C(=O)NC)c1ccccc1C(C)C.CC(=O)O. The Bertz CT molecular complexity index is 1840. The maximum atomic E-state index is 13.5. The van der Waals surface area contributed by atoms with E-state index < -0.39 is 42.3 Å². The van der Waals surface area contributed by atoms with Gasteiger partial charge in [-0.2, -0.15) is 0 Å². The first-order chi connectivity index (χ1) is 28.9. The fourth-order valence-corrected chi connectivity index (χ4v) is 5.93. The normalized spacial score (nSPS) is 13.0. The van der Waals surface area contributed by atoms with Gasteiger partial charge >= 0.3 is 0 Å². The van der Waals surface area contributed by atoms with E-state index in [9.17, 15) is 24.0 Å². The van der Waals surface area contributed by atoms with Crippen LogP contribution in [-0.2, 0) is 28.8 Å². The van der Waals surface area contributed by atoms with Crippen LogP contribution in [0, 0.1) is 0 Å². The molecule has 0 spiro atoms. The lowest BCUT2D eigenvalue weighted by molar-refractivity contribution is -0.134. The lowest BCUT2D eigenvalue weighted by Crippen LogP contribution is -2.53. The van der Waals surface area contributed by atoms with Crippen molar-refractivity contribution in [2.75, 3.05) is 20.1 Å². The highest BCUT2D eigenvalue weighted by molar-refractivity contribution is 5.95. The second-order valence-electron chi connectivity index (χ2n) is 14.7. The molecule has 0 fully saturated rings. The summed E-state index contributed by atoms with van der Waals surface area (Å²) in [7, 11) is 1.51. The molecule has 2 rings (SSSR count). The number of nitrogens with zero attached hydrogens (tertiary/aromatic N) is 1. The zero-order valence-corrected chi connectivity index (χ0v) is 38.5. The van der Waals surface area contributed by atoms with E-state index in [0.717, 1.165) is 53.3 Å². The van der Waals surface area contributed by atoms with Gasteiger partial charge in [-0.1, -0.05) is 108 Å². The summed E-state index contributed by atoms with van der Waals surface area (Å²) in [5.41, 5.74) is 7.13. The van der Waals surface area contributed by atoms with Gasteiger partial charge in [0, 0.05) is 45.6 Å². The second-order valence-corrected chi connectivity index (χ2v) is 14.7. The Morgan fingerprint density at radius 2 is 1.15 bits per heavy atom. The van der Waals surface area contributed by atoms with E-state index in [1.807, 2.05) is 94.6 Å². The van der Waals surface area contributed by atoms with E-state index in [1.165, 1.54) is 26.0 Å². The van der Waals surface area contributed by atoms with Crippen molar-refractivity contribution in [3.63, 3.8) is 0 Å². The maximum Gasteiger partial charge on any atom is 0.300 e. The van der Waals surface area contributed by atoms with Crippen molar-refractivity contribution >= 4 is 52.9 Å². The summed E-state index contributed by atoms with van der Waals surface area (Å²) in [6.07, 6.45) is 11.5. The second kappa shape index (κ2) is 31.1. The molecule has 3 unspecified atom stereocenters. The Balaban J connectivity index is 0.00000239. The van der Waals surface area contributed by atoms with Crippen LogP contribution in [0.25, 0.3) is 11.1 Å². The molecule has 6 N–H and O–H groups in total. The number of amides is 5. The van der Waals surface area contributed by atoms with Crippen molar-refractivity contribution in [1.82, 2.24) is 26.6 Å². The van der Waals surface area contributed by atoms with Gasteiger partial charge in [-0.05, 0) is 85.8 Å². The first-order valence-electron chi connectivity index (χ1n) is 21.1. The monoisotopic (exact) mass is 845 g/mol. The molecular weight excluding hydrogens is 773 g/mol. The number of rotatable bonds is 20. The average molecular weight is 845 g/mol. The summed E-state index contributed by atoms with van der Waals surface area (Å²) in [6, 6.07) is 14.0. The number of hydrogen-bond donors (Lipinski definition) is 6. The van der Waals surface area contributed by atoms with Crippen LogP contribution in [-0.4, -0.2) is 79.0 Å². The Hall–Kier alpha value is -5.85. The van der Waals surface area contributed by atoms with E-state index in [2.05, 4.69) is 72.3 Å². The van der Waals surface area contributed by atoms with E-state index in [-0.39, 0.29) is 37.1 Å². The topological polar surface area (TPSA) is 195 Å². The molecule has 2 aromatic carbocycles.